The second-order valence-electron chi connectivity index (χ2n) is 6.21. The first-order valence-electron chi connectivity index (χ1n) is 8.15. The van der Waals surface area contributed by atoms with Crippen LogP contribution >= 0.6 is 24.0 Å². The average molecular weight is 482 g/mol. The molecule has 25 heavy (non-hydrogen) atoms. The summed E-state index contributed by atoms with van der Waals surface area (Å²) >= 11 is 0. The number of rotatable bonds is 8. The lowest BCUT2D eigenvalue weighted by Crippen LogP contribution is -2.47. The molecule has 6 nitrogen and oxygen atoms in total. The van der Waals surface area contributed by atoms with Gasteiger partial charge in [0.1, 0.15) is 9.84 Å². The quantitative estimate of drug-likeness (QED) is 0.338. The largest absolute Gasteiger partial charge is 0.370 e. The van der Waals surface area contributed by atoms with E-state index in [-0.39, 0.29) is 41.8 Å². The first kappa shape index (κ1) is 24.0. The Morgan fingerprint density at radius 1 is 1.24 bits per heavy atom. The molecule has 2 N–H and O–H groups in total. The highest BCUT2D eigenvalue weighted by atomic mass is 127. The van der Waals surface area contributed by atoms with Crippen LogP contribution in [0.15, 0.2) is 35.3 Å². The first-order valence-corrected chi connectivity index (χ1v) is 10.2. The highest BCUT2D eigenvalue weighted by Crippen LogP contribution is 2.13. The van der Waals surface area contributed by atoms with Gasteiger partial charge in [0.05, 0.1) is 5.75 Å². The first-order chi connectivity index (χ1) is 11.2. The zero-order valence-electron chi connectivity index (χ0n) is 15.7. The minimum atomic E-state index is -2.94. The van der Waals surface area contributed by atoms with Gasteiger partial charge in [-0.1, -0.05) is 18.2 Å². The molecule has 0 aromatic heterocycles. The molecule has 0 heterocycles. The van der Waals surface area contributed by atoms with Gasteiger partial charge in [0, 0.05) is 44.7 Å². The number of hydrogen-bond donors (Lipinski definition) is 2. The van der Waals surface area contributed by atoms with Gasteiger partial charge < -0.3 is 15.5 Å². The van der Waals surface area contributed by atoms with Crippen molar-refractivity contribution in [2.45, 2.75) is 32.4 Å². The molecule has 0 fully saturated rings. The van der Waals surface area contributed by atoms with E-state index in [0.29, 0.717) is 12.4 Å². The molecular weight excluding hydrogens is 451 g/mol. The third-order valence-corrected chi connectivity index (χ3v) is 4.90. The highest BCUT2D eigenvalue weighted by molar-refractivity contribution is 14.0. The van der Waals surface area contributed by atoms with Crippen molar-refractivity contribution < 1.29 is 8.42 Å². The van der Waals surface area contributed by atoms with E-state index in [0.717, 1.165) is 12.2 Å². The van der Waals surface area contributed by atoms with Crippen molar-refractivity contribution in [3.05, 3.63) is 30.3 Å². The van der Waals surface area contributed by atoms with E-state index < -0.39 is 9.84 Å². The molecule has 0 spiro atoms. The number of nitrogens with one attached hydrogen (secondary N) is 2. The summed E-state index contributed by atoms with van der Waals surface area (Å²) in [4.78, 5) is 6.40. The van der Waals surface area contributed by atoms with Gasteiger partial charge in [-0.3, -0.25) is 4.99 Å². The van der Waals surface area contributed by atoms with Crippen LogP contribution < -0.4 is 15.5 Å². The molecule has 2 unspecified atom stereocenters. The maximum atomic E-state index is 11.2. The number of likely N-dealkylation sites (N-methyl/N-ethyl adjacent to an activating group) is 1. The third kappa shape index (κ3) is 9.88. The number of para-hydroxylation sites is 1. The van der Waals surface area contributed by atoms with Gasteiger partial charge in [-0.25, -0.2) is 8.42 Å². The second-order valence-corrected chi connectivity index (χ2v) is 8.47. The minimum Gasteiger partial charge on any atom is -0.370 e. The third-order valence-electron chi connectivity index (χ3n) is 3.92. The molecule has 8 heteroatoms. The standard InChI is InChI=1S/C17H30N4O2S.HI/c1-14(11-12-24(5,22)23)20-17(18-3)19-13-15(2)21(4)16-9-7-6-8-10-16;/h6-10,14-15H,11-13H2,1-5H3,(H2,18,19,20);1H. The lowest BCUT2D eigenvalue weighted by molar-refractivity contribution is 0.578. The second kappa shape index (κ2) is 11.6. The van der Waals surface area contributed by atoms with Crippen LogP contribution in [0, 0.1) is 0 Å². The molecule has 2 atom stereocenters. The van der Waals surface area contributed by atoms with Gasteiger partial charge in [0.2, 0.25) is 0 Å². The Morgan fingerprint density at radius 2 is 1.84 bits per heavy atom. The van der Waals surface area contributed by atoms with Crippen LogP contribution in [0.1, 0.15) is 20.3 Å². The van der Waals surface area contributed by atoms with Crippen molar-refractivity contribution in [1.29, 1.82) is 0 Å². The maximum absolute atomic E-state index is 11.2. The van der Waals surface area contributed by atoms with Crippen LogP contribution in [0.4, 0.5) is 5.69 Å². The summed E-state index contributed by atoms with van der Waals surface area (Å²) in [6.45, 7) is 4.82. The minimum absolute atomic E-state index is 0. The number of halogens is 1. The summed E-state index contributed by atoms with van der Waals surface area (Å²) < 4.78 is 22.5. The molecule has 1 aromatic carbocycles. The molecule has 0 saturated heterocycles. The molecule has 0 saturated carbocycles. The molecule has 0 amide bonds. The van der Waals surface area contributed by atoms with E-state index in [9.17, 15) is 8.42 Å². The van der Waals surface area contributed by atoms with Crippen molar-refractivity contribution in [2.75, 3.05) is 37.5 Å². The Balaban J connectivity index is 0.00000576. The van der Waals surface area contributed by atoms with Gasteiger partial charge >= 0.3 is 0 Å². The predicted molar refractivity (Wildman–Crippen MR) is 118 cm³/mol. The molecule has 144 valence electrons. The summed E-state index contributed by atoms with van der Waals surface area (Å²) in [7, 11) is 0.838. The Kier molecular flexibility index (Phi) is 11.1. The molecule has 1 aromatic rings. The van der Waals surface area contributed by atoms with E-state index in [2.05, 4.69) is 46.6 Å². The molecule has 0 bridgehead atoms. The molecule has 0 radical (unpaired) electrons. The van der Waals surface area contributed by atoms with Crippen molar-refractivity contribution in [1.82, 2.24) is 10.6 Å². The smallest absolute Gasteiger partial charge is 0.191 e. The summed E-state index contributed by atoms with van der Waals surface area (Å²) in [6, 6.07) is 10.5. The Hall–Kier alpha value is -1.03. The van der Waals surface area contributed by atoms with Gasteiger partial charge in [-0.2, -0.15) is 0 Å². The van der Waals surface area contributed by atoms with E-state index in [1.54, 1.807) is 7.05 Å². The van der Waals surface area contributed by atoms with E-state index in [1.165, 1.54) is 6.26 Å². The maximum Gasteiger partial charge on any atom is 0.191 e. The highest BCUT2D eigenvalue weighted by Gasteiger charge is 2.12. The topological polar surface area (TPSA) is 73.8 Å². The van der Waals surface area contributed by atoms with Crippen LogP contribution in [0.2, 0.25) is 0 Å². The van der Waals surface area contributed by atoms with E-state index in [1.807, 2.05) is 25.1 Å². The number of aliphatic imine (C=N–C) groups is 1. The fourth-order valence-electron chi connectivity index (χ4n) is 2.19. The normalized spacial score (nSPS) is 14.2. The Morgan fingerprint density at radius 3 is 2.36 bits per heavy atom. The Labute approximate surface area is 169 Å². The summed E-state index contributed by atoms with van der Waals surface area (Å²) in [5.74, 6) is 0.856. The fraction of sp³-hybridized carbons (Fsp3) is 0.588. The van der Waals surface area contributed by atoms with Gasteiger partial charge in [-0.15, -0.1) is 24.0 Å². The average Bonchev–Trinajstić information content (AvgIpc) is 2.55. The van der Waals surface area contributed by atoms with Crippen LogP contribution in [0.25, 0.3) is 0 Å². The van der Waals surface area contributed by atoms with E-state index >= 15 is 0 Å². The van der Waals surface area contributed by atoms with Crippen molar-refractivity contribution in [3.63, 3.8) is 0 Å². The van der Waals surface area contributed by atoms with Crippen LogP contribution in [-0.2, 0) is 9.84 Å². The number of benzene rings is 1. The number of anilines is 1. The summed E-state index contributed by atoms with van der Waals surface area (Å²) in [5, 5.41) is 6.52. The Bertz CT molecular complexity index is 623. The monoisotopic (exact) mass is 482 g/mol. The van der Waals surface area contributed by atoms with Gasteiger partial charge in [0.25, 0.3) is 0 Å². The number of hydrogen-bond acceptors (Lipinski definition) is 4. The van der Waals surface area contributed by atoms with Crippen molar-refractivity contribution >= 4 is 45.5 Å². The van der Waals surface area contributed by atoms with Crippen LogP contribution in [0.5, 0.6) is 0 Å². The zero-order valence-corrected chi connectivity index (χ0v) is 18.8. The SMILES string of the molecule is CN=C(NCC(C)N(C)c1ccccc1)NC(C)CCS(C)(=O)=O.I. The van der Waals surface area contributed by atoms with Crippen molar-refractivity contribution in [2.24, 2.45) is 4.99 Å². The van der Waals surface area contributed by atoms with Gasteiger partial charge in [0.15, 0.2) is 5.96 Å². The molecule has 0 aliphatic rings. The van der Waals surface area contributed by atoms with Gasteiger partial charge in [-0.05, 0) is 32.4 Å². The molecule has 0 aliphatic heterocycles. The lowest BCUT2D eigenvalue weighted by Gasteiger charge is -2.28. The molecular formula is C17H31IN4O2S. The predicted octanol–water partition coefficient (Wildman–Crippen LogP) is 2.12. The van der Waals surface area contributed by atoms with Crippen molar-refractivity contribution in [3.8, 4) is 0 Å². The van der Waals surface area contributed by atoms with E-state index in [4.69, 9.17) is 0 Å². The van der Waals surface area contributed by atoms with Crippen LogP contribution in [-0.4, -0.2) is 59.1 Å². The summed E-state index contributed by atoms with van der Waals surface area (Å²) in [6.07, 6.45) is 1.81. The summed E-state index contributed by atoms with van der Waals surface area (Å²) in [5.41, 5.74) is 1.16. The number of nitrogens with zero attached hydrogens (tertiary/aromatic N) is 2. The zero-order chi connectivity index (χ0) is 18.2. The number of guanidine groups is 1. The lowest BCUT2D eigenvalue weighted by atomic mass is 10.2. The van der Waals surface area contributed by atoms with Crippen LogP contribution in [0.3, 0.4) is 0 Å². The molecule has 1 rings (SSSR count). The molecule has 0 aliphatic carbocycles. The fourth-order valence-corrected chi connectivity index (χ4v) is 2.97. The number of sulfone groups is 1.